The van der Waals surface area contributed by atoms with E-state index in [9.17, 15) is 0 Å². The van der Waals surface area contributed by atoms with Gasteiger partial charge in [-0.25, -0.2) is 9.97 Å². The first-order valence-corrected chi connectivity index (χ1v) is 4.92. The third-order valence-electron chi connectivity index (χ3n) is 2.08. The maximum atomic E-state index is 5.94. The second kappa shape index (κ2) is 4.31. The van der Waals surface area contributed by atoms with Crippen molar-refractivity contribution in [3.05, 3.63) is 29.6 Å². The van der Waals surface area contributed by atoms with E-state index in [4.69, 9.17) is 5.73 Å². The highest BCUT2D eigenvalue weighted by molar-refractivity contribution is 5.05. The van der Waals surface area contributed by atoms with E-state index in [1.165, 1.54) is 4.80 Å². The lowest BCUT2D eigenvalue weighted by molar-refractivity contribution is 0.615. The van der Waals surface area contributed by atoms with Crippen LogP contribution < -0.4 is 5.73 Å². The van der Waals surface area contributed by atoms with Crippen LogP contribution in [0.2, 0.25) is 0 Å². The first-order chi connectivity index (χ1) is 7.65. The fraction of sp³-hybridized carbons (Fsp3) is 0.444. The van der Waals surface area contributed by atoms with Crippen LogP contribution in [0.1, 0.15) is 23.3 Å². The van der Waals surface area contributed by atoms with Gasteiger partial charge in [0.1, 0.15) is 5.82 Å². The molecular weight excluding hydrogens is 206 g/mol. The molecule has 0 aliphatic heterocycles. The Morgan fingerprint density at radius 3 is 2.62 bits per heavy atom. The van der Waals surface area contributed by atoms with Crippen molar-refractivity contribution < 1.29 is 0 Å². The standard InChI is InChI=1S/C9H13N7/c1-6-4-11-9(12-5-6)7(10)3-8-13-15-16(2)14-8/h4-5,7H,3,10H2,1-2H3. The minimum atomic E-state index is -0.301. The summed E-state index contributed by atoms with van der Waals surface area (Å²) < 4.78 is 0. The highest BCUT2D eigenvalue weighted by atomic mass is 15.6. The summed E-state index contributed by atoms with van der Waals surface area (Å²) in [7, 11) is 1.71. The molecule has 0 aromatic carbocycles. The van der Waals surface area contributed by atoms with E-state index in [2.05, 4.69) is 25.4 Å². The number of rotatable bonds is 3. The summed E-state index contributed by atoms with van der Waals surface area (Å²) in [5.41, 5.74) is 6.95. The van der Waals surface area contributed by atoms with Gasteiger partial charge < -0.3 is 5.73 Å². The van der Waals surface area contributed by atoms with Crippen molar-refractivity contribution in [1.82, 2.24) is 30.2 Å². The van der Waals surface area contributed by atoms with E-state index >= 15 is 0 Å². The smallest absolute Gasteiger partial charge is 0.176 e. The first kappa shape index (κ1) is 10.6. The summed E-state index contributed by atoms with van der Waals surface area (Å²) in [4.78, 5) is 9.73. The fourth-order valence-corrected chi connectivity index (χ4v) is 1.29. The lowest BCUT2D eigenvalue weighted by Gasteiger charge is -2.06. The van der Waals surface area contributed by atoms with Crippen LogP contribution >= 0.6 is 0 Å². The maximum Gasteiger partial charge on any atom is 0.176 e. The summed E-state index contributed by atoms with van der Waals surface area (Å²) >= 11 is 0. The summed E-state index contributed by atoms with van der Waals surface area (Å²) in [6.45, 7) is 1.93. The zero-order valence-electron chi connectivity index (χ0n) is 9.20. The Kier molecular flexibility index (Phi) is 2.86. The zero-order valence-corrected chi connectivity index (χ0v) is 9.20. The lowest BCUT2D eigenvalue weighted by Crippen LogP contribution is -2.17. The summed E-state index contributed by atoms with van der Waals surface area (Å²) in [6, 6.07) is -0.301. The van der Waals surface area contributed by atoms with E-state index in [0.717, 1.165) is 5.56 Å². The van der Waals surface area contributed by atoms with Gasteiger partial charge in [-0.15, -0.1) is 10.2 Å². The number of tetrazole rings is 1. The molecule has 0 bridgehead atoms. The van der Waals surface area contributed by atoms with Gasteiger partial charge in [0.05, 0.1) is 13.1 Å². The van der Waals surface area contributed by atoms with Gasteiger partial charge in [0.15, 0.2) is 5.82 Å². The molecule has 1 unspecified atom stereocenters. The molecule has 0 saturated carbocycles. The molecule has 1 atom stereocenters. The molecule has 2 aromatic heterocycles. The average Bonchev–Trinajstić information content (AvgIpc) is 2.65. The average molecular weight is 219 g/mol. The maximum absolute atomic E-state index is 5.94. The zero-order chi connectivity index (χ0) is 11.5. The van der Waals surface area contributed by atoms with E-state index < -0.39 is 0 Å². The van der Waals surface area contributed by atoms with Gasteiger partial charge in [0.2, 0.25) is 0 Å². The van der Waals surface area contributed by atoms with Crippen molar-refractivity contribution in [2.45, 2.75) is 19.4 Å². The number of hydrogen-bond acceptors (Lipinski definition) is 6. The SMILES string of the molecule is Cc1cnc(C(N)Cc2nnn(C)n2)nc1. The molecule has 0 saturated heterocycles. The van der Waals surface area contributed by atoms with Crippen LogP contribution in [-0.2, 0) is 13.5 Å². The van der Waals surface area contributed by atoms with Crippen LogP contribution in [0.4, 0.5) is 0 Å². The van der Waals surface area contributed by atoms with Crippen LogP contribution in [0, 0.1) is 6.92 Å². The first-order valence-electron chi connectivity index (χ1n) is 4.92. The number of nitrogens with zero attached hydrogens (tertiary/aromatic N) is 6. The predicted molar refractivity (Wildman–Crippen MR) is 56.2 cm³/mol. The van der Waals surface area contributed by atoms with Crippen molar-refractivity contribution in [1.29, 1.82) is 0 Å². The Bertz CT molecular complexity index is 461. The fourth-order valence-electron chi connectivity index (χ4n) is 1.29. The van der Waals surface area contributed by atoms with Crippen LogP contribution in [0.3, 0.4) is 0 Å². The second-order valence-corrected chi connectivity index (χ2v) is 3.62. The largest absolute Gasteiger partial charge is 0.321 e. The van der Waals surface area contributed by atoms with Crippen molar-refractivity contribution in [2.75, 3.05) is 0 Å². The van der Waals surface area contributed by atoms with E-state index in [1.54, 1.807) is 19.4 Å². The third kappa shape index (κ3) is 2.37. The van der Waals surface area contributed by atoms with Gasteiger partial charge in [-0.1, -0.05) is 0 Å². The van der Waals surface area contributed by atoms with Crippen molar-refractivity contribution in [2.24, 2.45) is 12.8 Å². The van der Waals surface area contributed by atoms with Gasteiger partial charge in [-0.2, -0.15) is 4.80 Å². The normalized spacial score (nSPS) is 12.7. The quantitative estimate of drug-likeness (QED) is 0.751. The molecule has 2 rings (SSSR count). The molecule has 0 radical (unpaired) electrons. The Morgan fingerprint density at radius 1 is 1.38 bits per heavy atom. The Hall–Kier alpha value is -1.89. The monoisotopic (exact) mass is 219 g/mol. The summed E-state index contributed by atoms with van der Waals surface area (Å²) in [6.07, 6.45) is 3.97. The van der Waals surface area contributed by atoms with Crippen molar-refractivity contribution >= 4 is 0 Å². The number of nitrogens with two attached hydrogens (primary N) is 1. The number of aryl methyl sites for hydroxylation is 2. The molecule has 0 spiro atoms. The molecule has 0 aliphatic rings. The predicted octanol–water partition coefficient (Wildman–Crippen LogP) is -0.449. The second-order valence-electron chi connectivity index (χ2n) is 3.62. The Labute approximate surface area is 92.7 Å². The topological polar surface area (TPSA) is 95.4 Å². The van der Waals surface area contributed by atoms with Gasteiger partial charge in [-0.3, -0.25) is 0 Å². The van der Waals surface area contributed by atoms with Gasteiger partial charge in [0, 0.05) is 18.8 Å². The molecule has 84 valence electrons. The van der Waals surface area contributed by atoms with Gasteiger partial charge >= 0.3 is 0 Å². The van der Waals surface area contributed by atoms with Crippen molar-refractivity contribution in [3.63, 3.8) is 0 Å². The Morgan fingerprint density at radius 2 is 2.06 bits per heavy atom. The van der Waals surface area contributed by atoms with Crippen LogP contribution in [0.25, 0.3) is 0 Å². The Balaban J connectivity index is 2.08. The molecular formula is C9H13N7. The summed E-state index contributed by atoms with van der Waals surface area (Å²) in [5.74, 6) is 1.19. The van der Waals surface area contributed by atoms with E-state index in [1.807, 2.05) is 6.92 Å². The third-order valence-corrected chi connectivity index (χ3v) is 2.08. The van der Waals surface area contributed by atoms with Gasteiger partial charge in [-0.05, 0) is 17.7 Å². The summed E-state index contributed by atoms with van der Waals surface area (Å²) in [5, 5.41) is 11.7. The molecule has 0 amide bonds. The molecule has 0 fully saturated rings. The van der Waals surface area contributed by atoms with E-state index in [-0.39, 0.29) is 6.04 Å². The van der Waals surface area contributed by atoms with Crippen LogP contribution in [0.5, 0.6) is 0 Å². The molecule has 2 heterocycles. The number of hydrogen-bond donors (Lipinski definition) is 1. The lowest BCUT2D eigenvalue weighted by atomic mass is 10.2. The van der Waals surface area contributed by atoms with Crippen LogP contribution in [0.15, 0.2) is 12.4 Å². The molecule has 2 N–H and O–H groups in total. The van der Waals surface area contributed by atoms with E-state index in [0.29, 0.717) is 18.1 Å². The number of aromatic nitrogens is 6. The molecule has 7 heteroatoms. The molecule has 2 aromatic rings. The highest BCUT2D eigenvalue weighted by Crippen LogP contribution is 2.08. The van der Waals surface area contributed by atoms with Gasteiger partial charge in [0.25, 0.3) is 0 Å². The molecule has 0 aliphatic carbocycles. The minimum Gasteiger partial charge on any atom is -0.321 e. The minimum absolute atomic E-state index is 0.301. The molecule has 7 nitrogen and oxygen atoms in total. The highest BCUT2D eigenvalue weighted by Gasteiger charge is 2.12. The van der Waals surface area contributed by atoms with Crippen LogP contribution in [-0.4, -0.2) is 30.2 Å². The van der Waals surface area contributed by atoms with Crippen molar-refractivity contribution in [3.8, 4) is 0 Å². The molecule has 16 heavy (non-hydrogen) atoms.